The molecule has 0 saturated carbocycles. The Hall–Kier alpha value is -3.93. The minimum Gasteiger partial charge on any atom is -0.352 e. The third kappa shape index (κ3) is 4.12. The van der Waals surface area contributed by atoms with E-state index in [1.54, 1.807) is 18.3 Å². The molecule has 0 spiro atoms. The van der Waals surface area contributed by atoms with Crippen LogP contribution in [0.4, 0.5) is 4.39 Å². The Labute approximate surface area is 185 Å². The van der Waals surface area contributed by atoms with E-state index >= 15 is 0 Å². The van der Waals surface area contributed by atoms with Crippen LogP contribution in [0, 0.1) is 5.82 Å². The van der Waals surface area contributed by atoms with E-state index in [0.29, 0.717) is 12.8 Å². The summed E-state index contributed by atoms with van der Waals surface area (Å²) in [7, 11) is 0. The van der Waals surface area contributed by atoms with E-state index in [4.69, 9.17) is 9.97 Å². The highest BCUT2D eigenvalue weighted by Gasteiger charge is 2.32. The van der Waals surface area contributed by atoms with Crippen molar-refractivity contribution in [3.05, 3.63) is 102 Å². The van der Waals surface area contributed by atoms with Crippen LogP contribution in [-0.2, 0) is 4.79 Å². The second kappa shape index (κ2) is 8.67. The number of benzene rings is 1. The Morgan fingerprint density at radius 2 is 1.50 bits per heavy atom. The summed E-state index contributed by atoms with van der Waals surface area (Å²) in [4.78, 5) is 26.0. The van der Waals surface area contributed by atoms with E-state index in [1.807, 2.05) is 54.6 Å². The normalized spacial score (nSPS) is 16.5. The van der Waals surface area contributed by atoms with Crippen LogP contribution in [0.25, 0.3) is 22.8 Å². The summed E-state index contributed by atoms with van der Waals surface area (Å²) >= 11 is 0. The number of carbonyl (C=O) groups excluding carboxylic acids is 1. The molecular formula is C26H21FN4O. The number of halogens is 1. The highest BCUT2D eigenvalue weighted by atomic mass is 19.1. The van der Waals surface area contributed by atoms with Crippen LogP contribution in [0.15, 0.2) is 85.1 Å². The number of aromatic nitrogens is 3. The predicted octanol–water partition coefficient (Wildman–Crippen LogP) is 4.76. The van der Waals surface area contributed by atoms with Crippen LogP contribution in [-0.4, -0.2) is 26.9 Å². The highest BCUT2D eigenvalue weighted by Crippen LogP contribution is 2.32. The Morgan fingerprint density at radius 3 is 2.19 bits per heavy atom. The number of nitrogens with zero attached hydrogens (tertiary/aromatic N) is 3. The minimum absolute atomic E-state index is 0.0306. The van der Waals surface area contributed by atoms with Gasteiger partial charge in [0.05, 0.1) is 28.5 Å². The smallest absolute Gasteiger partial charge is 0.220 e. The molecule has 1 fully saturated rings. The fourth-order valence-corrected chi connectivity index (χ4v) is 4.17. The van der Waals surface area contributed by atoms with Crippen LogP contribution in [0.1, 0.15) is 30.0 Å². The van der Waals surface area contributed by atoms with Gasteiger partial charge in [-0.15, -0.1) is 0 Å². The first-order chi connectivity index (χ1) is 15.7. The number of hydrogen-bond acceptors (Lipinski definition) is 4. The molecule has 1 aliphatic rings. The van der Waals surface area contributed by atoms with E-state index in [9.17, 15) is 9.18 Å². The number of amides is 1. The topological polar surface area (TPSA) is 67.8 Å². The molecule has 5 nitrogen and oxygen atoms in total. The molecule has 0 radical (unpaired) electrons. The molecule has 32 heavy (non-hydrogen) atoms. The molecule has 0 aliphatic carbocycles. The zero-order valence-electron chi connectivity index (χ0n) is 17.3. The van der Waals surface area contributed by atoms with Gasteiger partial charge in [-0.25, -0.2) is 9.37 Å². The summed E-state index contributed by atoms with van der Waals surface area (Å²) in [6.07, 6.45) is 2.93. The zero-order chi connectivity index (χ0) is 21.9. The van der Waals surface area contributed by atoms with Crippen molar-refractivity contribution in [2.75, 3.05) is 0 Å². The number of rotatable bonds is 5. The van der Waals surface area contributed by atoms with Gasteiger partial charge in [-0.2, -0.15) is 0 Å². The van der Waals surface area contributed by atoms with Crippen molar-refractivity contribution >= 4 is 5.91 Å². The highest BCUT2D eigenvalue weighted by molar-refractivity contribution is 5.78. The van der Waals surface area contributed by atoms with Gasteiger partial charge >= 0.3 is 0 Å². The third-order valence-electron chi connectivity index (χ3n) is 5.69. The first kappa shape index (κ1) is 20.0. The molecule has 1 aliphatic heterocycles. The maximum Gasteiger partial charge on any atom is 0.220 e. The Kier molecular flexibility index (Phi) is 5.42. The van der Waals surface area contributed by atoms with Crippen molar-refractivity contribution in [3.8, 4) is 22.8 Å². The average molecular weight is 424 g/mol. The van der Waals surface area contributed by atoms with Crippen molar-refractivity contribution in [1.29, 1.82) is 0 Å². The molecule has 158 valence electrons. The molecule has 1 saturated heterocycles. The van der Waals surface area contributed by atoms with E-state index in [2.05, 4.69) is 10.3 Å². The lowest BCUT2D eigenvalue weighted by atomic mass is 9.87. The fraction of sp³-hybridized carbons (Fsp3) is 0.154. The maximum atomic E-state index is 13.6. The monoisotopic (exact) mass is 424 g/mol. The summed E-state index contributed by atoms with van der Waals surface area (Å²) in [5.41, 5.74) is 4.77. The first-order valence-electron chi connectivity index (χ1n) is 10.6. The Morgan fingerprint density at radius 1 is 0.812 bits per heavy atom. The van der Waals surface area contributed by atoms with Crippen LogP contribution in [0.2, 0.25) is 0 Å². The number of pyridine rings is 3. The molecule has 0 bridgehead atoms. The molecule has 1 aromatic carbocycles. The quantitative estimate of drug-likeness (QED) is 0.502. The zero-order valence-corrected chi connectivity index (χ0v) is 17.3. The van der Waals surface area contributed by atoms with Gasteiger partial charge in [0.15, 0.2) is 0 Å². The molecule has 5 rings (SSSR count). The number of hydrogen-bond donors (Lipinski definition) is 1. The van der Waals surface area contributed by atoms with E-state index in [-0.39, 0.29) is 23.7 Å². The van der Waals surface area contributed by atoms with Gasteiger partial charge in [-0.1, -0.05) is 30.3 Å². The molecule has 6 heteroatoms. The molecular weight excluding hydrogens is 403 g/mol. The average Bonchev–Trinajstić information content (AvgIpc) is 3.27. The van der Waals surface area contributed by atoms with Crippen LogP contribution in [0.3, 0.4) is 0 Å². The predicted molar refractivity (Wildman–Crippen MR) is 120 cm³/mol. The Balaban J connectivity index is 1.54. The number of nitrogens with one attached hydrogen (secondary N) is 1. The summed E-state index contributed by atoms with van der Waals surface area (Å²) < 4.78 is 13.6. The lowest BCUT2D eigenvalue weighted by molar-refractivity contribution is -0.119. The van der Waals surface area contributed by atoms with Crippen molar-refractivity contribution in [2.45, 2.75) is 24.8 Å². The van der Waals surface area contributed by atoms with E-state index in [1.165, 1.54) is 12.1 Å². The molecule has 4 heterocycles. The van der Waals surface area contributed by atoms with Crippen molar-refractivity contribution in [1.82, 2.24) is 20.3 Å². The molecule has 0 unspecified atom stereocenters. The number of carbonyl (C=O) groups is 1. The van der Waals surface area contributed by atoms with Crippen molar-refractivity contribution in [3.63, 3.8) is 0 Å². The summed E-state index contributed by atoms with van der Waals surface area (Å²) in [6, 6.07) is 23.6. The molecule has 3 aromatic heterocycles. The second-order valence-electron chi connectivity index (χ2n) is 7.81. The molecule has 1 amide bonds. The summed E-state index contributed by atoms with van der Waals surface area (Å²) in [5, 5.41) is 3.06. The third-order valence-corrected chi connectivity index (χ3v) is 5.69. The maximum absolute atomic E-state index is 13.6. The lowest BCUT2D eigenvalue weighted by Crippen LogP contribution is -2.32. The van der Waals surface area contributed by atoms with Gasteiger partial charge in [0.1, 0.15) is 5.82 Å². The Bertz CT molecular complexity index is 1240. The van der Waals surface area contributed by atoms with Gasteiger partial charge in [0, 0.05) is 24.6 Å². The fourth-order valence-electron chi connectivity index (χ4n) is 4.17. The SMILES string of the molecule is O=C1CC[C@H]([C@@H](c2ccc(F)cc2)c2cccc(-c3cccc(-c4ccccn4)n3)n2)N1. The van der Waals surface area contributed by atoms with Gasteiger partial charge in [-0.05, 0) is 60.5 Å². The lowest BCUT2D eigenvalue weighted by Gasteiger charge is -2.24. The molecule has 4 aromatic rings. The summed E-state index contributed by atoms with van der Waals surface area (Å²) in [6.45, 7) is 0. The summed E-state index contributed by atoms with van der Waals surface area (Å²) in [5.74, 6) is -0.441. The van der Waals surface area contributed by atoms with E-state index in [0.717, 1.165) is 34.0 Å². The van der Waals surface area contributed by atoms with Crippen molar-refractivity contribution < 1.29 is 9.18 Å². The second-order valence-corrected chi connectivity index (χ2v) is 7.81. The van der Waals surface area contributed by atoms with Gasteiger partial charge in [-0.3, -0.25) is 14.8 Å². The van der Waals surface area contributed by atoms with Crippen molar-refractivity contribution in [2.24, 2.45) is 0 Å². The minimum atomic E-state index is -0.291. The molecule has 2 atom stereocenters. The largest absolute Gasteiger partial charge is 0.352 e. The van der Waals surface area contributed by atoms with Crippen LogP contribution < -0.4 is 5.32 Å². The standard InChI is InChI=1S/C26H21FN4O/c27-18-12-10-17(11-13-18)26(24-14-15-25(32)31-24)23-9-4-8-22(30-23)21-7-3-6-20(29-21)19-5-1-2-16-28-19/h1-13,16,24,26H,14-15H2,(H,31,32)/t24-,26+/m1/s1. The first-order valence-corrected chi connectivity index (χ1v) is 10.6. The van der Waals surface area contributed by atoms with Crippen LogP contribution >= 0.6 is 0 Å². The molecule has 1 N–H and O–H groups in total. The van der Waals surface area contributed by atoms with Gasteiger partial charge in [0.25, 0.3) is 0 Å². The van der Waals surface area contributed by atoms with Gasteiger partial charge < -0.3 is 5.32 Å². The van der Waals surface area contributed by atoms with Gasteiger partial charge in [0.2, 0.25) is 5.91 Å². The van der Waals surface area contributed by atoms with Crippen LogP contribution in [0.5, 0.6) is 0 Å². The van der Waals surface area contributed by atoms with E-state index < -0.39 is 0 Å².